The first-order chi connectivity index (χ1) is 12.4. The van der Waals surface area contributed by atoms with Crippen LogP contribution in [0.15, 0.2) is 60.7 Å². The van der Waals surface area contributed by atoms with Crippen LogP contribution < -0.4 is 10.4 Å². The molecule has 0 aliphatic heterocycles. The molecule has 0 amide bonds. The van der Waals surface area contributed by atoms with E-state index in [9.17, 15) is 10.2 Å². The molecule has 1 aliphatic carbocycles. The molecule has 0 heterocycles. The van der Waals surface area contributed by atoms with E-state index in [0.717, 1.165) is 6.42 Å². The zero-order valence-electron chi connectivity index (χ0n) is 15.9. The Morgan fingerprint density at radius 3 is 1.92 bits per heavy atom. The van der Waals surface area contributed by atoms with Gasteiger partial charge in [0.2, 0.25) is 0 Å². The van der Waals surface area contributed by atoms with Crippen LogP contribution in [0.25, 0.3) is 0 Å². The van der Waals surface area contributed by atoms with E-state index in [1.807, 2.05) is 12.1 Å². The summed E-state index contributed by atoms with van der Waals surface area (Å²) >= 11 is 0. The van der Waals surface area contributed by atoms with Crippen molar-refractivity contribution in [1.82, 2.24) is 0 Å². The lowest BCUT2D eigenvalue weighted by molar-refractivity contribution is 0.0705. The van der Waals surface area contributed by atoms with Crippen LogP contribution in [0.4, 0.5) is 0 Å². The predicted molar refractivity (Wildman–Crippen MR) is 108 cm³/mol. The van der Waals surface area contributed by atoms with Gasteiger partial charge in [-0.15, -0.1) is 0 Å². The van der Waals surface area contributed by atoms with E-state index in [1.165, 1.54) is 10.4 Å². The Kier molecular flexibility index (Phi) is 5.68. The van der Waals surface area contributed by atoms with Gasteiger partial charge in [-0.05, 0) is 33.7 Å². The molecule has 26 heavy (non-hydrogen) atoms. The average Bonchev–Trinajstić information content (AvgIpc) is 3.42. The molecule has 1 fully saturated rings. The minimum absolute atomic E-state index is 0.0321. The normalized spacial score (nSPS) is 21.4. The Bertz CT molecular complexity index is 657. The van der Waals surface area contributed by atoms with Gasteiger partial charge in [0.15, 0.2) is 0 Å². The topological polar surface area (TPSA) is 49.7 Å². The minimum Gasteiger partial charge on any atom is -0.407 e. The van der Waals surface area contributed by atoms with E-state index in [-0.39, 0.29) is 17.6 Å². The fourth-order valence-electron chi connectivity index (χ4n) is 4.06. The van der Waals surface area contributed by atoms with Gasteiger partial charge in [0.1, 0.15) is 0 Å². The van der Waals surface area contributed by atoms with Crippen LogP contribution >= 0.6 is 0 Å². The van der Waals surface area contributed by atoms with Gasteiger partial charge in [-0.2, -0.15) is 0 Å². The molecule has 3 atom stereocenters. The van der Waals surface area contributed by atoms with Crippen molar-refractivity contribution in [1.29, 1.82) is 0 Å². The van der Waals surface area contributed by atoms with Crippen molar-refractivity contribution in [2.24, 2.45) is 11.8 Å². The lowest BCUT2D eigenvalue weighted by Gasteiger charge is -2.43. The highest BCUT2D eigenvalue weighted by Gasteiger charge is 2.52. The molecule has 3 rings (SSSR count). The van der Waals surface area contributed by atoms with Crippen molar-refractivity contribution in [2.75, 3.05) is 13.2 Å². The van der Waals surface area contributed by atoms with E-state index >= 15 is 0 Å². The Morgan fingerprint density at radius 2 is 1.50 bits per heavy atom. The first kappa shape index (κ1) is 19.3. The van der Waals surface area contributed by atoms with Crippen LogP contribution in [0.5, 0.6) is 0 Å². The molecular weight excluding hydrogens is 340 g/mol. The Morgan fingerprint density at radius 1 is 1.00 bits per heavy atom. The maximum absolute atomic E-state index is 9.90. The largest absolute Gasteiger partial charge is 0.407 e. The van der Waals surface area contributed by atoms with E-state index < -0.39 is 14.4 Å². The fraction of sp³-hybridized carbons (Fsp3) is 0.455. The minimum atomic E-state index is -2.49. The van der Waals surface area contributed by atoms with Crippen LogP contribution in [0.2, 0.25) is 5.04 Å². The second-order valence-electron chi connectivity index (χ2n) is 8.38. The number of benzene rings is 2. The third kappa shape index (κ3) is 3.65. The first-order valence-corrected chi connectivity index (χ1v) is 11.3. The summed E-state index contributed by atoms with van der Waals surface area (Å²) < 4.78 is 6.86. The maximum Gasteiger partial charge on any atom is 0.261 e. The summed E-state index contributed by atoms with van der Waals surface area (Å²) in [5, 5.41) is 21.6. The molecule has 0 bridgehead atoms. The molecule has 140 valence electrons. The smallest absolute Gasteiger partial charge is 0.261 e. The number of aliphatic hydroxyl groups excluding tert-OH is 2. The van der Waals surface area contributed by atoms with Gasteiger partial charge in [-0.3, -0.25) is 0 Å². The van der Waals surface area contributed by atoms with Gasteiger partial charge >= 0.3 is 0 Å². The second-order valence-corrected chi connectivity index (χ2v) is 12.7. The number of hydrogen-bond donors (Lipinski definition) is 2. The maximum atomic E-state index is 9.90. The van der Waals surface area contributed by atoms with Gasteiger partial charge in [-0.1, -0.05) is 81.4 Å². The third-order valence-corrected chi connectivity index (χ3v) is 10.6. The third-order valence-electron chi connectivity index (χ3n) is 5.59. The Balaban J connectivity index is 1.96. The van der Waals surface area contributed by atoms with Crippen LogP contribution in [0, 0.1) is 11.8 Å². The second kappa shape index (κ2) is 7.65. The molecule has 1 saturated carbocycles. The molecule has 0 radical (unpaired) electrons. The molecule has 4 heteroatoms. The van der Waals surface area contributed by atoms with Gasteiger partial charge in [0, 0.05) is 6.61 Å². The highest BCUT2D eigenvalue weighted by molar-refractivity contribution is 6.99. The molecule has 2 aromatic rings. The summed E-state index contributed by atoms with van der Waals surface area (Å²) in [7, 11) is -2.49. The Hall–Kier alpha value is -1.46. The molecule has 0 aromatic heterocycles. The summed E-state index contributed by atoms with van der Waals surface area (Å²) in [6.07, 6.45) is 0.308. The standard InChI is InChI=1S/C22H30O3Si/c1-22(2,3)26(18-10-6-4-7-11-18,19-12-8-5-9-13-19)25-16-17-14-20(17)21(24)15-23/h4-13,17,20-21,23-24H,14-16H2,1-3H3/t17-,20-,21+/m0/s1. The SMILES string of the molecule is CC(C)(C)[Si](OC[C@@H]1C[C@@H]1[C@H](O)CO)(c1ccccc1)c1ccccc1. The fourth-order valence-corrected chi connectivity index (χ4v) is 8.68. The summed E-state index contributed by atoms with van der Waals surface area (Å²) in [5.41, 5.74) is 0. The number of hydrogen-bond acceptors (Lipinski definition) is 3. The number of aliphatic hydroxyl groups is 2. The van der Waals surface area contributed by atoms with Crippen molar-refractivity contribution < 1.29 is 14.6 Å². The summed E-state index contributed by atoms with van der Waals surface area (Å²) in [6.45, 7) is 7.28. The summed E-state index contributed by atoms with van der Waals surface area (Å²) in [5.74, 6) is 0.497. The molecule has 0 saturated heterocycles. The van der Waals surface area contributed by atoms with Crippen LogP contribution in [0.1, 0.15) is 27.2 Å². The highest BCUT2D eigenvalue weighted by atomic mass is 28.4. The zero-order valence-corrected chi connectivity index (χ0v) is 16.9. The van der Waals surface area contributed by atoms with Crippen molar-refractivity contribution in [2.45, 2.75) is 38.3 Å². The highest BCUT2D eigenvalue weighted by Crippen LogP contribution is 2.44. The van der Waals surface area contributed by atoms with Crippen LogP contribution in [-0.4, -0.2) is 37.8 Å². The summed E-state index contributed by atoms with van der Waals surface area (Å²) in [6, 6.07) is 21.2. The lowest BCUT2D eigenvalue weighted by atomic mass is 10.2. The van der Waals surface area contributed by atoms with Gasteiger partial charge < -0.3 is 14.6 Å². The van der Waals surface area contributed by atoms with Crippen LogP contribution in [-0.2, 0) is 4.43 Å². The van der Waals surface area contributed by atoms with Crippen molar-refractivity contribution >= 4 is 18.7 Å². The average molecular weight is 371 g/mol. The zero-order chi connectivity index (χ0) is 18.8. The van der Waals surface area contributed by atoms with E-state index in [0.29, 0.717) is 12.5 Å². The molecule has 1 aliphatic rings. The van der Waals surface area contributed by atoms with Crippen molar-refractivity contribution in [3.8, 4) is 0 Å². The number of rotatable bonds is 7. The van der Waals surface area contributed by atoms with Crippen molar-refractivity contribution in [3.63, 3.8) is 0 Å². The molecule has 0 spiro atoms. The lowest BCUT2D eigenvalue weighted by Crippen LogP contribution is -2.66. The van der Waals surface area contributed by atoms with E-state index in [4.69, 9.17) is 4.43 Å². The Labute approximate surface area is 157 Å². The van der Waals surface area contributed by atoms with E-state index in [2.05, 4.69) is 69.3 Å². The summed E-state index contributed by atoms with van der Waals surface area (Å²) in [4.78, 5) is 0. The predicted octanol–water partition coefficient (Wildman–Crippen LogP) is 2.55. The first-order valence-electron chi connectivity index (χ1n) is 9.44. The molecule has 2 aromatic carbocycles. The van der Waals surface area contributed by atoms with Crippen LogP contribution in [0.3, 0.4) is 0 Å². The van der Waals surface area contributed by atoms with E-state index in [1.54, 1.807) is 0 Å². The van der Waals surface area contributed by atoms with Gasteiger partial charge in [0.05, 0.1) is 12.7 Å². The van der Waals surface area contributed by atoms with Gasteiger partial charge in [-0.25, -0.2) is 0 Å². The molecule has 2 N–H and O–H groups in total. The molecule has 0 unspecified atom stereocenters. The molecule has 3 nitrogen and oxygen atoms in total. The monoisotopic (exact) mass is 370 g/mol. The quantitative estimate of drug-likeness (QED) is 0.737. The molecular formula is C22H30O3Si. The van der Waals surface area contributed by atoms with Gasteiger partial charge in [0.25, 0.3) is 8.32 Å². The van der Waals surface area contributed by atoms with Crippen molar-refractivity contribution in [3.05, 3.63) is 60.7 Å².